The Morgan fingerprint density at radius 1 is 1.06 bits per heavy atom. The van der Waals surface area contributed by atoms with Crippen LogP contribution in [0.3, 0.4) is 0 Å². The Labute approximate surface area is 106 Å². The van der Waals surface area contributed by atoms with Gasteiger partial charge >= 0.3 is 0 Å². The zero-order valence-corrected chi connectivity index (χ0v) is 10.7. The van der Waals surface area contributed by atoms with Crippen LogP contribution in [0.4, 0.5) is 0 Å². The highest BCUT2D eigenvalue weighted by molar-refractivity contribution is 7.15. The lowest BCUT2D eigenvalue weighted by molar-refractivity contribution is 0.641. The maximum atomic E-state index is 5.71. The van der Waals surface area contributed by atoms with Crippen LogP contribution in [0, 0.1) is 0 Å². The van der Waals surface area contributed by atoms with Crippen molar-refractivity contribution in [1.82, 2.24) is 0 Å². The summed E-state index contributed by atoms with van der Waals surface area (Å²) >= 11 is 1.94. The molecule has 1 fully saturated rings. The third-order valence-electron chi connectivity index (χ3n) is 3.66. The molecular weight excluding hydrogens is 226 g/mol. The summed E-state index contributed by atoms with van der Waals surface area (Å²) in [6, 6.07) is 15.2. The number of hydrogen-bond donors (Lipinski definition) is 1. The second-order valence-electron chi connectivity index (χ2n) is 4.85. The second-order valence-corrected chi connectivity index (χ2v) is 5.93. The normalized spacial score (nSPS) is 17.0. The molecule has 1 nitrogen and oxygen atoms in total. The SMILES string of the molecule is NCCC1(c2ccc(-c3ccccc3)s2)CC1. The van der Waals surface area contributed by atoms with E-state index in [4.69, 9.17) is 5.73 Å². The molecule has 2 aromatic rings. The van der Waals surface area contributed by atoms with Gasteiger partial charge in [0, 0.05) is 15.2 Å². The molecule has 0 aliphatic heterocycles. The largest absolute Gasteiger partial charge is 0.330 e. The Balaban J connectivity index is 1.89. The summed E-state index contributed by atoms with van der Waals surface area (Å²) in [5.74, 6) is 0. The summed E-state index contributed by atoms with van der Waals surface area (Å²) in [4.78, 5) is 2.91. The van der Waals surface area contributed by atoms with Crippen molar-refractivity contribution in [3.63, 3.8) is 0 Å². The van der Waals surface area contributed by atoms with Crippen molar-refractivity contribution in [2.75, 3.05) is 6.54 Å². The van der Waals surface area contributed by atoms with E-state index in [2.05, 4.69) is 42.5 Å². The molecule has 0 radical (unpaired) electrons. The van der Waals surface area contributed by atoms with E-state index in [9.17, 15) is 0 Å². The van der Waals surface area contributed by atoms with Gasteiger partial charge in [0.2, 0.25) is 0 Å². The molecule has 0 spiro atoms. The summed E-state index contributed by atoms with van der Waals surface area (Å²) < 4.78 is 0. The predicted molar refractivity (Wildman–Crippen MR) is 74.3 cm³/mol. The standard InChI is InChI=1S/C15H17NS/c16-11-10-15(8-9-15)14-7-6-13(17-14)12-4-2-1-3-5-12/h1-7H,8-11,16H2. The van der Waals surface area contributed by atoms with E-state index in [1.807, 2.05) is 11.3 Å². The molecule has 1 saturated carbocycles. The van der Waals surface area contributed by atoms with E-state index in [0.29, 0.717) is 5.41 Å². The summed E-state index contributed by atoms with van der Waals surface area (Å²) in [5, 5.41) is 0. The van der Waals surface area contributed by atoms with Gasteiger partial charge in [-0.1, -0.05) is 30.3 Å². The fraction of sp³-hybridized carbons (Fsp3) is 0.333. The Morgan fingerprint density at radius 2 is 1.82 bits per heavy atom. The molecule has 3 rings (SSSR count). The third kappa shape index (κ3) is 2.03. The molecule has 0 unspecified atom stereocenters. The van der Waals surface area contributed by atoms with Gasteiger partial charge in [0.15, 0.2) is 0 Å². The molecule has 1 aromatic carbocycles. The van der Waals surface area contributed by atoms with Crippen LogP contribution in [0.25, 0.3) is 10.4 Å². The lowest BCUT2D eigenvalue weighted by atomic mass is 10.0. The highest BCUT2D eigenvalue weighted by atomic mass is 32.1. The van der Waals surface area contributed by atoms with Crippen LogP contribution in [0.1, 0.15) is 24.1 Å². The Bertz CT molecular complexity index is 497. The molecule has 0 atom stereocenters. The zero-order valence-electron chi connectivity index (χ0n) is 9.86. The van der Waals surface area contributed by atoms with Gasteiger partial charge in [-0.3, -0.25) is 0 Å². The van der Waals surface area contributed by atoms with Crippen LogP contribution < -0.4 is 5.73 Å². The van der Waals surface area contributed by atoms with Crippen LogP contribution in [0.15, 0.2) is 42.5 Å². The van der Waals surface area contributed by atoms with Gasteiger partial charge in [-0.25, -0.2) is 0 Å². The van der Waals surface area contributed by atoms with E-state index in [1.165, 1.54) is 28.2 Å². The molecule has 2 heteroatoms. The summed E-state index contributed by atoms with van der Waals surface area (Å²) in [6.45, 7) is 0.804. The van der Waals surface area contributed by atoms with E-state index in [-0.39, 0.29) is 0 Å². The second kappa shape index (κ2) is 4.28. The molecular formula is C15H17NS. The smallest absolute Gasteiger partial charge is 0.0345 e. The lowest BCUT2D eigenvalue weighted by Crippen LogP contribution is -2.11. The zero-order chi connectivity index (χ0) is 11.7. The van der Waals surface area contributed by atoms with Gasteiger partial charge in [-0.2, -0.15) is 0 Å². The highest BCUT2D eigenvalue weighted by Crippen LogP contribution is 2.53. The first-order valence-electron chi connectivity index (χ1n) is 6.20. The quantitative estimate of drug-likeness (QED) is 0.868. The van der Waals surface area contributed by atoms with E-state index in [0.717, 1.165) is 13.0 Å². The molecule has 88 valence electrons. The minimum absolute atomic E-state index is 0.437. The molecule has 1 aliphatic carbocycles. The van der Waals surface area contributed by atoms with Crippen molar-refractivity contribution in [3.8, 4) is 10.4 Å². The molecule has 1 aromatic heterocycles. The summed E-state index contributed by atoms with van der Waals surface area (Å²) in [6.07, 6.45) is 3.78. The minimum Gasteiger partial charge on any atom is -0.330 e. The average Bonchev–Trinajstić information content (AvgIpc) is 2.98. The molecule has 2 N–H and O–H groups in total. The molecule has 1 heterocycles. The predicted octanol–water partition coefficient (Wildman–Crippen LogP) is 3.80. The highest BCUT2D eigenvalue weighted by Gasteiger charge is 2.44. The average molecular weight is 243 g/mol. The van der Waals surface area contributed by atoms with Gasteiger partial charge in [-0.15, -0.1) is 11.3 Å². The fourth-order valence-corrected chi connectivity index (χ4v) is 3.71. The van der Waals surface area contributed by atoms with Gasteiger partial charge in [0.05, 0.1) is 0 Å². The number of rotatable bonds is 4. The molecule has 17 heavy (non-hydrogen) atoms. The number of hydrogen-bond acceptors (Lipinski definition) is 2. The maximum absolute atomic E-state index is 5.71. The first kappa shape index (κ1) is 11.0. The minimum atomic E-state index is 0.437. The van der Waals surface area contributed by atoms with Crippen molar-refractivity contribution in [2.45, 2.75) is 24.7 Å². The van der Waals surface area contributed by atoms with E-state index < -0.39 is 0 Å². The Morgan fingerprint density at radius 3 is 2.47 bits per heavy atom. The van der Waals surface area contributed by atoms with Crippen LogP contribution >= 0.6 is 11.3 Å². The number of nitrogens with two attached hydrogens (primary N) is 1. The molecule has 0 bridgehead atoms. The first-order valence-corrected chi connectivity index (χ1v) is 7.02. The topological polar surface area (TPSA) is 26.0 Å². The monoisotopic (exact) mass is 243 g/mol. The van der Waals surface area contributed by atoms with E-state index in [1.54, 1.807) is 0 Å². The van der Waals surface area contributed by atoms with Crippen LogP contribution in [-0.4, -0.2) is 6.54 Å². The van der Waals surface area contributed by atoms with Crippen molar-refractivity contribution in [1.29, 1.82) is 0 Å². The summed E-state index contributed by atoms with van der Waals surface area (Å²) in [7, 11) is 0. The van der Waals surface area contributed by atoms with Crippen molar-refractivity contribution in [2.24, 2.45) is 5.73 Å². The van der Waals surface area contributed by atoms with Gasteiger partial charge in [0.1, 0.15) is 0 Å². The van der Waals surface area contributed by atoms with Crippen LogP contribution in [-0.2, 0) is 5.41 Å². The first-order chi connectivity index (χ1) is 8.34. The third-order valence-corrected chi connectivity index (χ3v) is 5.04. The van der Waals surface area contributed by atoms with E-state index >= 15 is 0 Å². The van der Waals surface area contributed by atoms with Gasteiger partial charge in [-0.05, 0) is 43.5 Å². The summed E-state index contributed by atoms with van der Waals surface area (Å²) in [5.41, 5.74) is 7.48. The van der Waals surface area contributed by atoms with Gasteiger partial charge in [0.25, 0.3) is 0 Å². The lowest BCUT2D eigenvalue weighted by Gasteiger charge is -2.10. The number of thiophene rings is 1. The van der Waals surface area contributed by atoms with Crippen LogP contribution in [0.5, 0.6) is 0 Å². The van der Waals surface area contributed by atoms with Gasteiger partial charge < -0.3 is 5.73 Å². The molecule has 1 aliphatic rings. The fourth-order valence-electron chi connectivity index (χ4n) is 2.43. The maximum Gasteiger partial charge on any atom is 0.0345 e. The Hall–Kier alpha value is -1.12. The van der Waals surface area contributed by atoms with Crippen molar-refractivity contribution in [3.05, 3.63) is 47.3 Å². The molecule has 0 amide bonds. The van der Waals surface area contributed by atoms with Crippen LogP contribution in [0.2, 0.25) is 0 Å². The Kier molecular flexibility index (Phi) is 2.77. The number of benzene rings is 1. The van der Waals surface area contributed by atoms with Crippen molar-refractivity contribution < 1.29 is 0 Å². The van der Waals surface area contributed by atoms with Crippen molar-refractivity contribution >= 4 is 11.3 Å². The molecule has 0 saturated heterocycles.